The minimum absolute atomic E-state index is 0. The molecule has 1 rings (SSSR count). The largest absolute Gasteiger partial charge is 1.00 e. The molecule has 1 saturated heterocycles. The second-order valence-corrected chi connectivity index (χ2v) is 8.00. The number of rotatable bonds is 17. The first kappa shape index (κ1) is 27.7. The molecule has 1 atom stereocenters. The molecule has 1 unspecified atom stereocenters. The number of carboxylic acid groups (broad SMARTS) is 1. The molecular weight excluding hydrogens is 361 g/mol. The molecule has 1 aliphatic heterocycles. The molecule has 0 spiro atoms. The summed E-state index contributed by atoms with van der Waals surface area (Å²) in [7, 11) is 0. The predicted octanol–water partition coefficient (Wildman–Crippen LogP) is 1.63. The minimum atomic E-state index is -1.09. The van der Waals surface area contributed by atoms with Crippen LogP contribution in [0.2, 0.25) is 0 Å². The van der Waals surface area contributed by atoms with Crippen molar-refractivity contribution in [3.05, 3.63) is 12.2 Å². The van der Waals surface area contributed by atoms with Crippen LogP contribution >= 0.6 is 0 Å². The van der Waals surface area contributed by atoms with Gasteiger partial charge in [0.1, 0.15) is 0 Å². The van der Waals surface area contributed by atoms with Gasteiger partial charge in [0.15, 0.2) is 0 Å². The van der Waals surface area contributed by atoms with Gasteiger partial charge in [-0.05, 0) is 32.1 Å². The first-order chi connectivity index (χ1) is 13.1. The van der Waals surface area contributed by atoms with Crippen LogP contribution in [0.4, 0.5) is 0 Å². The number of nitrogens with zero attached hydrogens (tertiary/aromatic N) is 1. The molecule has 1 amide bonds. The summed E-state index contributed by atoms with van der Waals surface area (Å²) < 4.78 is 0. The molecule has 1 heterocycles. The maximum absolute atomic E-state index is 11.7. The molecular formula is C23H40NNaO3. The van der Waals surface area contributed by atoms with Crippen LogP contribution in [0.1, 0.15) is 103 Å². The van der Waals surface area contributed by atoms with Crippen molar-refractivity contribution in [2.24, 2.45) is 5.92 Å². The van der Waals surface area contributed by atoms with E-state index >= 15 is 0 Å². The Kier molecular flexibility index (Phi) is 18.5. The standard InChI is InChI=1S/C23H41NO3.Na/c1-2-3-4-5-6-7-8-9-10-11-12-13-14-15-16-17-18-24-20-21(23(26)27)19-22(24)25;/h9-10,21H,2-8,11-20H2,1H3,(H,26,27);/q;+1/p-1. The van der Waals surface area contributed by atoms with Crippen molar-refractivity contribution < 1.29 is 44.3 Å². The molecule has 4 nitrogen and oxygen atoms in total. The van der Waals surface area contributed by atoms with Gasteiger partial charge in [0.05, 0.1) is 0 Å². The molecule has 0 saturated carbocycles. The van der Waals surface area contributed by atoms with Crippen molar-refractivity contribution >= 4 is 11.9 Å². The van der Waals surface area contributed by atoms with Crippen molar-refractivity contribution in [2.45, 2.75) is 103 Å². The fraction of sp³-hybridized carbons (Fsp3) is 0.826. The third-order valence-corrected chi connectivity index (χ3v) is 5.49. The van der Waals surface area contributed by atoms with Crippen molar-refractivity contribution in [1.82, 2.24) is 4.90 Å². The number of hydrogen-bond donors (Lipinski definition) is 0. The summed E-state index contributed by atoms with van der Waals surface area (Å²) in [5.74, 6) is -1.73. The molecule has 0 aromatic carbocycles. The molecule has 0 bridgehead atoms. The van der Waals surface area contributed by atoms with Crippen molar-refractivity contribution in [1.29, 1.82) is 0 Å². The summed E-state index contributed by atoms with van der Waals surface area (Å²) in [6.45, 7) is 3.30. The quantitative estimate of drug-likeness (QED) is 0.211. The van der Waals surface area contributed by atoms with Crippen molar-refractivity contribution in [3.63, 3.8) is 0 Å². The number of amides is 1. The van der Waals surface area contributed by atoms with E-state index < -0.39 is 11.9 Å². The minimum Gasteiger partial charge on any atom is -0.550 e. The van der Waals surface area contributed by atoms with Gasteiger partial charge in [0.25, 0.3) is 0 Å². The molecule has 0 aliphatic carbocycles. The van der Waals surface area contributed by atoms with Gasteiger partial charge in [0, 0.05) is 31.4 Å². The van der Waals surface area contributed by atoms with Crippen LogP contribution in [0.5, 0.6) is 0 Å². The van der Waals surface area contributed by atoms with Gasteiger partial charge in [-0.25, -0.2) is 0 Å². The van der Waals surface area contributed by atoms with Gasteiger partial charge in [-0.3, -0.25) is 4.79 Å². The van der Waals surface area contributed by atoms with Crippen molar-refractivity contribution in [2.75, 3.05) is 13.1 Å². The first-order valence-corrected chi connectivity index (χ1v) is 11.3. The van der Waals surface area contributed by atoms with Gasteiger partial charge < -0.3 is 14.8 Å². The molecule has 0 radical (unpaired) electrons. The number of carbonyl (C=O) groups is 2. The van der Waals surface area contributed by atoms with E-state index in [1.54, 1.807) is 4.90 Å². The number of unbranched alkanes of at least 4 members (excludes halogenated alkanes) is 12. The fourth-order valence-corrected chi connectivity index (χ4v) is 3.70. The van der Waals surface area contributed by atoms with Gasteiger partial charge >= 0.3 is 29.6 Å². The van der Waals surface area contributed by atoms with Gasteiger partial charge in [-0.15, -0.1) is 0 Å². The van der Waals surface area contributed by atoms with Gasteiger partial charge in [0.2, 0.25) is 5.91 Å². The normalized spacial score (nSPS) is 16.7. The third-order valence-electron chi connectivity index (χ3n) is 5.49. The molecule has 0 N–H and O–H groups in total. The van der Waals surface area contributed by atoms with Crippen molar-refractivity contribution in [3.8, 4) is 0 Å². The number of carboxylic acids is 1. The zero-order valence-electron chi connectivity index (χ0n) is 18.4. The first-order valence-electron chi connectivity index (χ1n) is 11.3. The average Bonchev–Trinajstić information content (AvgIpc) is 3.02. The maximum atomic E-state index is 11.7. The van der Waals surface area contributed by atoms with Crippen LogP contribution < -0.4 is 34.7 Å². The summed E-state index contributed by atoms with van der Waals surface area (Å²) in [5.41, 5.74) is 0. The Labute approximate surface area is 194 Å². The van der Waals surface area contributed by atoms with Crippen LogP contribution in [0, 0.1) is 5.92 Å². The summed E-state index contributed by atoms with van der Waals surface area (Å²) in [6.07, 6.45) is 22.6. The molecule has 1 fully saturated rings. The van der Waals surface area contributed by atoms with Crippen LogP contribution in [0.25, 0.3) is 0 Å². The Balaban J connectivity index is 0.00000729. The van der Waals surface area contributed by atoms with Crippen LogP contribution in [0.3, 0.4) is 0 Å². The zero-order valence-corrected chi connectivity index (χ0v) is 20.4. The number of likely N-dealkylation sites (tertiary alicyclic amines) is 1. The second kappa shape index (κ2) is 18.7. The number of hydrogen-bond acceptors (Lipinski definition) is 3. The van der Waals surface area contributed by atoms with Crippen LogP contribution in [-0.2, 0) is 9.59 Å². The van der Waals surface area contributed by atoms with E-state index in [2.05, 4.69) is 19.1 Å². The van der Waals surface area contributed by atoms with Crippen LogP contribution in [0.15, 0.2) is 12.2 Å². The Morgan fingerprint density at radius 1 is 0.929 bits per heavy atom. The number of carbonyl (C=O) groups excluding carboxylic acids is 2. The Morgan fingerprint density at radius 2 is 1.43 bits per heavy atom. The maximum Gasteiger partial charge on any atom is 1.00 e. The monoisotopic (exact) mass is 401 g/mol. The van der Waals surface area contributed by atoms with Gasteiger partial charge in [-0.1, -0.05) is 76.9 Å². The molecule has 1 aliphatic rings. The Morgan fingerprint density at radius 3 is 1.93 bits per heavy atom. The summed E-state index contributed by atoms with van der Waals surface area (Å²) in [5, 5.41) is 10.8. The molecule has 0 aromatic rings. The van der Waals surface area contributed by atoms with E-state index in [4.69, 9.17) is 0 Å². The second-order valence-electron chi connectivity index (χ2n) is 8.00. The molecule has 0 aromatic heterocycles. The summed E-state index contributed by atoms with van der Waals surface area (Å²) in [4.78, 5) is 24.2. The molecule has 156 valence electrons. The van der Waals surface area contributed by atoms with E-state index in [1.165, 1.54) is 77.0 Å². The summed E-state index contributed by atoms with van der Waals surface area (Å²) >= 11 is 0. The Hall–Kier alpha value is -0.320. The van der Waals surface area contributed by atoms with Crippen LogP contribution in [-0.4, -0.2) is 29.9 Å². The van der Waals surface area contributed by atoms with E-state index in [-0.39, 0.29) is 41.9 Å². The topological polar surface area (TPSA) is 60.4 Å². The van der Waals surface area contributed by atoms with E-state index in [0.717, 1.165) is 12.8 Å². The van der Waals surface area contributed by atoms with Gasteiger partial charge in [-0.2, -0.15) is 0 Å². The van der Waals surface area contributed by atoms with E-state index in [1.807, 2.05) is 0 Å². The predicted molar refractivity (Wildman–Crippen MR) is 109 cm³/mol. The fourth-order valence-electron chi connectivity index (χ4n) is 3.70. The Bertz CT molecular complexity index is 440. The molecule has 28 heavy (non-hydrogen) atoms. The third kappa shape index (κ3) is 13.8. The summed E-state index contributed by atoms with van der Waals surface area (Å²) in [6, 6.07) is 0. The number of aliphatic carboxylic acids is 1. The zero-order chi connectivity index (χ0) is 19.7. The smallest absolute Gasteiger partial charge is 0.550 e. The number of allylic oxidation sites excluding steroid dienone is 2. The average molecular weight is 402 g/mol. The van der Waals surface area contributed by atoms with E-state index in [0.29, 0.717) is 13.1 Å². The molecule has 5 heteroatoms. The SMILES string of the molecule is CCCCCCCCC=CCCCCCCCCN1CC(C(=O)[O-])CC1=O.[Na+]. The van der Waals surface area contributed by atoms with E-state index in [9.17, 15) is 14.7 Å².